The molecule has 0 aromatic heterocycles. The lowest BCUT2D eigenvalue weighted by Crippen LogP contribution is -2.60. The zero-order valence-electron chi connectivity index (χ0n) is 12.3. The van der Waals surface area contributed by atoms with Gasteiger partial charge in [0.05, 0.1) is 12.9 Å². The second kappa shape index (κ2) is 6.05. The topological polar surface area (TPSA) is 86.9 Å². The van der Waals surface area contributed by atoms with E-state index in [1.807, 2.05) is 20.8 Å². The molecule has 1 saturated heterocycles. The average molecular weight is 293 g/mol. The molecule has 0 bridgehead atoms. The second-order valence-electron chi connectivity index (χ2n) is 6.34. The molecule has 114 valence electrons. The number of nitrogens with zero attached hydrogens (tertiary/aromatic N) is 2. The summed E-state index contributed by atoms with van der Waals surface area (Å²) in [6.45, 7) is 8.30. The Labute approximate surface area is 116 Å². The number of sulfonamides is 1. The molecule has 1 aliphatic rings. The third kappa shape index (κ3) is 4.39. The van der Waals surface area contributed by atoms with Gasteiger partial charge in [-0.05, 0) is 5.41 Å². The Morgan fingerprint density at radius 2 is 1.68 bits per heavy atom. The first-order valence-corrected chi connectivity index (χ1v) is 8.48. The summed E-state index contributed by atoms with van der Waals surface area (Å²) in [7, 11) is -3.12. The Hall–Kier alpha value is -0.210. The van der Waals surface area contributed by atoms with E-state index in [-0.39, 0.29) is 24.1 Å². The van der Waals surface area contributed by atoms with Gasteiger partial charge in [-0.2, -0.15) is 4.31 Å². The summed E-state index contributed by atoms with van der Waals surface area (Å²) in [5.41, 5.74) is 6.13. The molecule has 2 unspecified atom stereocenters. The zero-order chi connectivity index (χ0) is 14.8. The summed E-state index contributed by atoms with van der Waals surface area (Å²) in [5, 5.41) is 9.58. The minimum Gasteiger partial charge on any atom is -0.395 e. The van der Waals surface area contributed by atoms with Crippen LogP contribution in [0.1, 0.15) is 20.8 Å². The second-order valence-corrected chi connectivity index (χ2v) is 8.32. The third-order valence-electron chi connectivity index (χ3n) is 3.81. The number of aliphatic hydroxyl groups excluding tert-OH is 1. The standard InChI is InChI=1S/C12H27N3O3S/c1-12(2,3)11(13)10(9-16)14-5-7-15(8-6-14)19(4,17)18/h10-11,16H,5-9,13H2,1-4H3. The van der Waals surface area contributed by atoms with Crippen LogP contribution < -0.4 is 5.73 Å². The van der Waals surface area contributed by atoms with E-state index >= 15 is 0 Å². The summed E-state index contributed by atoms with van der Waals surface area (Å²) >= 11 is 0. The van der Waals surface area contributed by atoms with Crippen LogP contribution in [0.2, 0.25) is 0 Å². The van der Waals surface area contributed by atoms with Gasteiger partial charge in [0.15, 0.2) is 0 Å². The third-order valence-corrected chi connectivity index (χ3v) is 5.12. The first-order chi connectivity index (χ1) is 8.57. The minimum absolute atomic E-state index is 0.00267. The van der Waals surface area contributed by atoms with Gasteiger partial charge < -0.3 is 10.8 Å². The normalized spacial score (nSPS) is 23.3. The maximum Gasteiger partial charge on any atom is 0.211 e. The molecule has 1 aliphatic heterocycles. The van der Waals surface area contributed by atoms with Crippen molar-refractivity contribution in [1.29, 1.82) is 0 Å². The molecule has 1 rings (SSSR count). The molecule has 3 N–H and O–H groups in total. The lowest BCUT2D eigenvalue weighted by Gasteiger charge is -2.43. The van der Waals surface area contributed by atoms with E-state index in [4.69, 9.17) is 5.73 Å². The fourth-order valence-corrected chi connectivity index (χ4v) is 3.23. The van der Waals surface area contributed by atoms with Crippen LogP contribution in [0.3, 0.4) is 0 Å². The first-order valence-electron chi connectivity index (χ1n) is 6.63. The molecule has 0 radical (unpaired) electrons. The molecular formula is C12H27N3O3S. The number of hydrogen-bond acceptors (Lipinski definition) is 5. The zero-order valence-corrected chi connectivity index (χ0v) is 13.2. The molecule has 0 spiro atoms. The van der Waals surface area contributed by atoms with Crippen molar-refractivity contribution in [2.24, 2.45) is 11.1 Å². The van der Waals surface area contributed by atoms with Gasteiger partial charge >= 0.3 is 0 Å². The first kappa shape index (κ1) is 16.8. The quantitative estimate of drug-likeness (QED) is 0.715. The average Bonchev–Trinajstić information content (AvgIpc) is 2.28. The largest absolute Gasteiger partial charge is 0.395 e. The fourth-order valence-electron chi connectivity index (χ4n) is 2.40. The monoisotopic (exact) mass is 293 g/mol. The Balaban J connectivity index is 2.67. The predicted octanol–water partition coefficient (Wildman–Crippen LogP) is -0.702. The van der Waals surface area contributed by atoms with Crippen LogP contribution in [0.25, 0.3) is 0 Å². The van der Waals surface area contributed by atoms with Gasteiger partial charge in [-0.15, -0.1) is 0 Å². The molecule has 19 heavy (non-hydrogen) atoms. The highest BCUT2D eigenvalue weighted by atomic mass is 32.2. The van der Waals surface area contributed by atoms with E-state index in [0.717, 1.165) is 0 Å². The van der Waals surface area contributed by atoms with Crippen LogP contribution in [0.15, 0.2) is 0 Å². The molecule has 1 heterocycles. The molecule has 0 aliphatic carbocycles. The lowest BCUT2D eigenvalue weighted by molar-refractivity contribution is 0.0493. The maximum atomic E-state index is 11.5. The molecule has 2 atom stereocenters. The van der Waals surface area contributed by atoms with Gasteiger partial charge in [0, 0.05) is 38.3 Å². The Bertz CT molecular complexity index is 384. The van der Waals surface area contributed by atoms with E-state index in [9.17, 15) is 13.5 Å². The summed E-state index contributed by atoms with van der Waals surface area (Å²) < 4.78 is 24.4. The van der Waals surface area contributed by atoms with Gasteiger partial charge in [-0.25, -0.2) is 8.42 Å². The van der Waals surface area contributed by atoms with E-state index in [0.29, 0.717) is 26.2 Å². The molecule has 1 fully saturated rings. The van der Waals surface area contributed by atoms with Gasteiger partial charge in [0.2, 0.25) is 10.0 Å². The van der Waals surface area contributed by atoms with E-state index in [1.54, 1.807) is 0 Å². The van der Waals surface area contributed by atoms with Crippen molar-refractivity contribution in [2.45, 2.75) is 32.9 Å². The number of nitrogens with two attached hydrogens (primary N) is 1. The number of rotatable bonds is 4. The van der Waals surface area contributed by atoms with Crippen molar-refractivity contribution < 1.29 is 13.5 Å². The number of hydrogen-bond donors (Lipinski definition) is 2. The minimum atomic E-state index is -3.12. The molecule has 0 amide bonds. The Kier molecular flexibility index (Phi) is 5.36. The summed E-state index contributed by atoms with van der Waals surface area (Å²) in [5.74, 6) is 0. The smallest absolute Gasteiger partial charge is 0.211 e. The maximum absolute atomic E-state index is 11.5. The van der Waals surface area contributed by atoms with Crippen LogP contribution in [0.5, 0.6) is 0 Å². The van der Waals surface area contributed by atoms with Crippen LogP contribution in [-0.4, -0.2) is 73.9 Å². The lowest BCUT2D eigenvalue weighted by atomic mass is 9.82. The van der Waals surface area contributed by atoms with Gasteiger partial charge in [0.25, 0.3) is 0 Å². The highest BCUT2D eigenvalue weighted by Crippen LogP contribution is 2.23. The van der Waals surface area contributed by atoms with Gasteiger partial charge in [0.1, 0.15) is 0 Å². The van der Waals surface area contributed by atoms with Gasteiger partial charge in [-0.3, -0.25) is 4.90 Å². The number of aliphatic hydroxyl groups is 1. The molecule has 0 aromatic rings. The SMILES string of the molecule is CC(C)(C)C(N)C(CO)N1CCN(S(C)(=O)=O)CC1. The highest BCUT2D eigenvalue weighted by molar-refractivity contribution is 7.88. The summed E-state index contributed by atoms with van der Waals surface area (Å²) in [4.78, 5) is 2.09. The van der Waals surface area contributed by atoms with Crippen LogP contribution >= 0.6 is 0 Å². The summed E-state index contributed by atoms with van der Waals surface area (Å²) in [6.07, 6.45) is 1.23. The van der Waals surface area contributed by atoms with Crippen molar-refractivity contribution in [2.75, 3.05) is 39.0 Å². The van der Waals surface area contributed by atoms with Crippen molar-refractivity contribution in [3.63, 3.8) is 0 Å². The van der Waals surface area contributed by atoms with Crippen molar-refractivity contribution in [3.8, 4) is 0 Å². The molecule has 7 heteroatoms. The Morgan fingerprint density at radius 3 is 2.00 bits per heavy atom. The molecular weight excluding hydrogens is 266 g/mol. The predicted molar refractivity (Wildman–Crippen MR) is 76.3 cm³/mol. The van der Waals surface area contributed by atoms with E-state index in [2.05, 4.69) is 4.90 Å². The van der Waals surface area contributed by atoms with Crippen molar-refractivity contribution >= 4 is 10.0 Å². The molecule has 6 nitrogen and oxygen atoms in total. The molecule has 0 aromatic carbocycles. The van der Waals surface area contributed by atoms with Crippen LogP contribution in [0, 0.1) is 5.41 Å². The van der Waals surface area contributed by atoms with Crippen molar-refractivity contribution in [3.05, 3.63) is 0 Å². The number of piperazine rings is 1. The summed E-state index contributed by atoms with van der Waals surface area (Å²) in [6, 6.07) is -0.274. The van der Waals surface area contributed by atoms with Crippen molar-refractivity contribution in [1.82, 2.24) is 9.21 Å². The van der Waals surface area contributed by atoms with Crippen LogP contribution in [0.4, 0.5) is 0 Å². The van der Waals surface area contributed by atoms with E-state index < -0.39 is 10.0 Å². The highest BCUT2D eigenvalue weighted by Gasteiger charge is 2.35. The van der Waals surface area contributed by atoms with E-state index in [1.165, 1.54) is 10.6 Å². The van der Waals surface area contributed by atoms with Crippen LogP contribution in [-0.2, 0) is 10.0 Å². The molecule has 0 saturated carbocycles. The fraction of sp³-hybridized carbons (Fsp3) is 1.00. The van der Waals surface area contributed by atoms with Gasteiger partial charge in [-0.1, -0.05) is 20.8 Å². The Morgan fingerprint density at radius 1 is 1.21 bits per heavy atom.